The summed E-state index contributed by atoms with van der Waals surface area (Å²) in [4.78, 5) is 29.3. The highest BCUT2D eigenvalue weighted by Gasteiger charge is 2.42. The fourth-order valence-corrected chi connectivity index (χ4v) is 3.63. The second-order valence-corrected chi connectivity index (χ2v) is 7.47. The van der Waals surface area contributed by atoms with Crippen molar-refractivity contribution in [2.75, 3.05) is 26.7 Å². The molecule has 7 nitrogen and oxygen atoms in total. The van der Waals surface area contributed by atoms with E-state index in [1.807, 2.05) is 79.5 Å². The topological polar surface area (TPSA) is 81.9 Å². The van der Waals surface area contributed by atoms with E-state index >= 15 is 0 Å². The van der Waals surface area contributed by atoms with Crippen LogP contribution in [0.3, 0.4) is 0 Å². The Balaban J connectivity index is 2.36. The Hall–Kier alpha value is -2.93. The molecule has 2 atom stereocenters. The molecule has 0 aliphatic heterocycles. The minimum Gasteiger partial charge on any atom is -0.453 e. The third kappa shape index (κ3) is 6.56. The molecule has 0 saturated carbocycles. The van der Waals surface area contributed by atoms with Crippen LogP contribution in [0.5, 0.6) is 0 Å². The van der Waals surface area contributed by atoms with Gasteiger partial charge in [0.05, 0.1) is 0 Å². The second kappa shape index (κ2) is 11.3. The number of esters is 1. The first kappa shape index (κ1) is 23.3. The molecular weight excluding hydrogens is 384 g/mol. The van der Waals surface area contributed by atoms with Crippen molar-refractivity contribution in [1.82, 2.24) is 4.90 Å². The number of carbonyl (C=O) groups excluding carboxylic acids is 1. The number of likely N-dealkylation sites (N-methyl/N-ethyl adjacent to an activating group) is 1. The molecule has 162 valence electrons. The van der Waals surface area contributed by atoms with Gasteiger partial charge in [-0.25, -0.2) is 0 Å². The summed E-state index contributed by atoms with van der Waals surface area (Å²) >= 11 is 0. The monoisotopic (exact) mass is 414 g/mol. The van der Waals surface area contributed by atoms with E-state index in [1.165, 1.54) is 0 Å². The molecule has 0 N–H and O–H groups in total. The molecule has 30 heavy (non-hydrogen) atoms. The van der Waals surface area contributed by atoms with Crippen LogP contribution in [0.1, 0.15) is 31.4 Å². The predicted molar refractivity (Wildman–Crippen MR) is 114 cm³/mol. The lowest BCUT2D eigenvalue weighted by atomic mass is 9.77. The smallest absolute Gasteiger partial charge is 0.306 e. The van der Waals surface area contributed by atoms with Gasteiger partial charge in [-0.1, -0.05) is 74.5 Å². The normalized spacial score (nSPS) is 14.0. The molecular formula is C23H30N2O5. The van der Waals surface area contributed by atoms with E-state index in [4.69, 9.17) is 4.74 Å². The summed E-state index contributed by atoms with van der Waals surface area (Å²) in [5.74, 6) is -0.350. The maximum atomic E-state index is 12.5. The van der Waals surface area contributed by atoms with Crippen molar-refractivity contribution in [2.24, 2.45) is 5.92 Å². The van der Waals surface area contributed by atoms with Gasteiger partial charge in [-0.05, 0) is 18.2 Å². The lowest BCUT2D eigenvalue weighted by Gasteiger charge is -2.41. The molecule has 0 heterocycles. The van der Waals surface area contributed by atoms with Gasteiger partial charge < -0.3 is 14.5 Å². The summed E-state index contributed by atoms with van der Waals surface area (Å²) in [6, 6.07) is 19.7. The number of hydrogen-bond donors (Lipinski definition) is 0. The van der Waals surface area contributed by atoms with E-state index in [9.17, 15) is 14.9 Å². The van der Waals surface area contributed by atoms with E-state index in [0.717, 1.165) is 11.1 Å². The lowest BCUT2D eigenvalue weighted by molar-refractivity contribution is -0.757. The number of hydrogen-bond acceptors (Lipinski definition) is 6. The van der Waals surface area contributed by atoms with E-state index in [1.54, 1.807) is 6.92 Å². The summed E-state index contributed by atoms with van der Waals surface area (Å²) in [6.45, 7) is 4.78. The molecule has 7 heteroatoms. The van der Waals surface area contributed by atoms with Crippen molar-refractivity contribution >= 4 is 5.97 Å². The quantitative estimate of drug-likeness (QED) is 0.298. The van der Waals surface area contributed by atoms with Crippen LogP contribution in [0.4, 0.5) is 0 Å². The van der Waals surface area contributed by atoms with Crippen molar-refractivity contribution < 1.29 is 19.5 Å². The highest BCUT2D eigenvalue weighted by Crippen LogP contribution is 2.38. The molecule has 0 bridgehead atoms. The lowest BCUT2D eigenvalue weighted by Crippen LogP contribution is -2.45. The highest BCUT2D eigenvalue weighted by molar-refractivity contribution is 5.69. The van der Waals surface area contributed by atoms with Crippen molar-refractivity contribution in [3.8, 4) is 0 Å². The molecule has 0 spiro atoms. The highest BCUT2D eigenvalue weighted by atomic mass is 16.9. The van der Waals surface area contributed by atoms with Crippen LogP contribution in [0.2, 0.25) is 0 Å². The first-order valence-electron chi connectivity index (χ1n) is 10.1. The van der Waals surface area contributed by atoms with Crippen molar-refractivity contribution in [1.29, 1.82) is 0 Å². The van der Waals surface area contributed by atoms with E-state index in [2.05, 4.69) is 4.84 Å². The number of ether oxygens (including phenoxy) is 1. The van der Waals surface area contributed by atoms with Crippen LogP contribution in [-0.2, 0) is 26.4 Å². The molecule has 0 radical (unpaired) electrons. The fourth-order valence-electron chi connectivity index (χ4n) is 3.63. The number of rotatable bonds is 12. The molecule has 0 amide bonds. The van der Waals surface area contributed by atoms with Gasteiger partial charge in [0.2, 0.25) is 0 Å². The molecule has 0 fully saturated rings. The SMILES string of the molecule is CCC(=O)O[C@@](Cc1ccccc1)(c1ccccc1)[C@@H](C)CN(C)CCO[N+](=O)[O-]. The molecule has 0 saturated heterocycles. The molecule has 0 aromatic heterocycles. The zero-order chi connectivity index (χ0) is 22.0. The van der Waals surface area contributed by atoms with Crippen molar-refractivity contribution in [3.05, 3.63) is 81.9 Å². The average molecular weight is 415 g/mol. The minimum atomic E-state index is -0.867. The van der Waals surface area contributed by atoms with Crippen LogP contribution < -0.4 is 0 Å². The summed E-state index contributed by atoms with van der Waals surface area (Å²) in [6.07, 6.45) is 0.812. The molecule has 2 rings (SSSR count). The van der Waals surface area contributed by atoms with Crippen LogP contribution in [0, 0.1) is 16.0 Å². The Kier molecular flexibility index (Phi) is 8.80. The van der Waals surface area contributed by atoms with Gasteiger partial charge >= 0.3 is 5.97 Å². The Morgan fingerprint density at radius 3 is 2.30 bits per heavy atom. The van der Waals surface area contributed by atoms with Gasteiger partial charge in [-0.3, -0.25) is 4.79 Å². The van der Waals surface area contributed by atoms with E-state index < -0.39 is 10.7 Å². The van der Waals surface area contributed by atoms with Gasteiger partial charge in [0, 0.05) is 31.8 Å². The first-order valence-corrected chi connectivity index (χ1v) is 10.1. The van der Waals surface area contributed by atoms with Crippen molar-refractivity contribution in [3.63, 3.8) is 0 Å². The summed E-state index contributed by atoms with van der Waals surface area (Å²) in [7, 11) is 1.87. The molecule has 0 aliphatic carbocycles. The van der Waals surface area contributed by atoms with E-state index in [0.29, 0.717) is 19.5 Å². The average Bonchev–Trinajstić information content (AvgIpc) is 2.74. The van der Waals surface area contributed by atoms with Crippen LogP contribution in [0.25, 0.3) is 0 Å². The fraction of sp³-hybridized carbons (Fsp3) is 0.435. The molecule has 0 aliphatic rings. The Morgan fingerprint density at radius 1 is 1.13 bits per heavy atom. The van der Waals surface area contributed by atoms with Crippen molar-refractivity contribution in [2.45, 2.75) is 32.3 Å². The second-order valence-electron chi connectivity index (χ2n) is 7.47. The number of nitrogens with zero attached hydrogens (tertiary/aromatic N) is 2. The largest absolute Gasteiger partial charge is 0.453 e. The molecule has 2 aromatic carbocycles. The molecule has 0 unspecified atom stereocenters. The summed E-state index contributed by atoms with van der Waals surface area (Å²) in [5.41, 5.74) is 1.13. The Morgan fingerprint density at radius 2 is 1.73 bits per heavy atom. The first-order chi connectivity index (χ1) is 14.4. The summed E-state index contributed by atoms with van der Waals surface area (Å²) in [5, 5.41) is 9.62. The number of carbonyl (C=O) groups is 1. The zero-order valence-electron chi connectivity index (χ0n) is 17.8. The van der Waals surface area contributed by atoms with Gasteiger partial charge in [-0.15, -0.1) is 10.1 Å². The third-order valence-corrected chi connectivity index (χ3v) is 5.21. The maximum Gasteiger partial charge on any atom is 0.306 e. The molecule has 2 aromatic rings. The van der Waals surface area contributed by atoms with Gasteiger partial charge in [0.1, 0.15) is 12.2 Å². The van der Waals surface area contributed by atoms with E-state index in [-0.39, 0.29) is 24.9 Å². The van der Waals surface area contributed by atoms with Gasteiger partial charge in [-0.2, -0.15) is 0 Å². The Labute approximate surface area is 177 Å². The third-order valence-electron chi connectivity index (χ3n) is 5.21. The minimum absolute atomic E-state index is 0.0119. The zero-order valence-corrected chi connectivity index (χ0v) is 17.8. The Bertz CT molecular complexity index is 800. The standard InChI is InChI=1S/C23H30N2O5/c1-4-22(26)30-23(21-13-9-6-10-14-21,17-20-11-7-5-8-12-20)19(2)18-24(3)15-16-29-25(27)28/h5-14,19H,4,15-18H2,1-3H3/t19-,23+/m0/s1. The van der Waals surface area contributed by atoms with Crippen LogP contribution >= 0.6 is 0 Å². The van der Waals surface area contributed by atoms with Crippen LogP contribution in [-0.4, -0.2) is 42.7 Å². The predicted octanol–water partition coefficient (Wildman–Crippen LogP) is 3.85. The van der Waals surface area contributed by atoms with Gasteiger partial charge in [0.15, 0.2) is 0 Å². The van der Waals surface area contributed by atoms with Gasteiger partial charge in [0.25, 0.3) is 5.09 Å². The number of benzene rings is 2. The maximum absolute atomic E-state index is 12.5. The summed E-state index contributed by atoms with van der Waals surface area (Å²) < 4.78 is 6.18. The van der Waals surface area contributed by atoms with Crippen LogP contribution in [0.15, 0.2) is 60.7 Å².